The van der Waals surface area contributed by atoms with E-state index in [1.165, 1.54) is 68.7 Å². The summed E-state index contributed by atoms with van der Waals surface area (Å²) in [5, 5.41) is 33.3. The number of carboxylic acid groups (broad SMARTS) is 1. The quantitative estimate of drug-likeness (QED) is 0.00874. The van der Waals surface area contributed by atoms with Crippen LogP contribution in [0.4, 0.5) is 70.1 Å². The minimum absolute atomic E-state index is 0. The number of nitriles is 2. The fourth-order valence-electron chi connectivity index (χ4n) is 14.7. The van der Waals surface area contributed by atoms with Gasteiger partial charge in [0.15, 0.2) is 17.5 Å². The Morgan fingerprint density at radius 1 is 0.483 bits per heavy atom. The third-order valence-electron chi connectivity index (χ3n) is 21.9. The van der Waals surface area contributed by atoms with Gasteiger partial charge in [-0.15, -0.1) is 15.0 Å². The topological polar surface area (TPSA) is 397 Å². The largest absolute Gasteiger partial charge is 1.00 e. The number of halogens is 13. The molecule has 0 unspecified atom stereocenters. The van der Waals surface area contributed by atoms with Crippen molar-refractivity contribution in [1.82, 2.24) is 58.6 Å². The van der Waals surface area contributed by atoms with Crippen LogP contribution in [0.5, 0.6) is 11.8 Å². The van der Waals surface area contributed by atoms with Crippen LogP contribution in [0.2, 0.25) is 0 Å². The van der Waals surface area contributed by atoms with Crippen LogP contribution in [0, 0.1) is 112 Å². The summed E-state index contributed by atoms with van der Waals surface area (Å²) in [6, 6.07) is 32.0. The first-order valence-electron chi connectivity index (χ1n) is 44.1. The molecule has 32 nitrogen and oxygen atoms in total. The monoisotopic (exact) mass is 2360 g/mol. The maximum atomic E-state index is 15.6. The number of aromatic carboxylic acids is 1. The molecule has 0 saturated carbocycles. The van der Waals surface area contributed by atoms with Crippen molar-refractivity contribution >= 4 is 90.9 Å². The minimum atomic E-state index is -1.33. The number of pyridine rings is 6. The standard InChI is InChI=1S/C33H25F4N5O4.C31H21F4N5O4.C26H21F4N3O4.C7H5BrN2.2C2H3N.CH2O3.2Cs.H/c1-3-44-33(43)20-11-26(37)32-27(12-20)42(16-21-8-9-45-21)29(40-32)13-19-10-25(36)22(14-24(19)35)31-23(34)5-7-30(41-31)46-17-18-4-6-28(38-2)39-15-18;1-36-26-4-2-16(13-37-26)15-44-28-5-3-21(32)29(39-28)20-12-22(33)17(8-23(20)34)11-27-38-30-24(35)9-18(31(41)42)10-25(30)40(27)14-19-6-7-43-19;1-2-36-26(35)14-8-20(30)25-21(9-14)33(12-15-5-6-37-15)22(31-25)10-13-7-19(29)16(11-18(13)28)24-17(27)3-4-23(34)32-24;1-9-7-3-2-6(4-8)5-10-7;2*1-2-3;2-1-4-3;;;/h4-7,10-12,14-15,21H,3,8-9,13,16-17H2,1H3;2-5,8-10,12-13,19H,6-7,11,14-15H2,(H,41,42);3-4,7-9,11,15H,2,5-6,10,12H2,1H3,(H,32,34);2-3,5H,4H2;2*1H3;1,3H;;;/q;;;;;;;2*+1;-1/p-1/t21-;19-;15-;;;;;;;/m000......./s1. The van der Waals surface area contributed by atoms with E-state index in [4.69, 9.17) is 73.5 Å². The summed E-state index contributed by atoms with van der Waals surface area (Å²) < 4.78 is 223. The Labute approximate surface area is 967 Å². The number of imidazole rings is 3. The molecule has 18 rings (SSSR count). The number of carbonyl (C=O) groups is 4. The molecule has 0 amide bonds. The molecule has 0 spiro atoms. The summed E-state index contributed by atoms with van der Waals surface area (Å²) in [5.41, 5.74) is -1.14. The summed E-state index contributed by atoms with van der Waals surface area (Å²) in [4.78, 5) is 104. The van der Waals surface area contributed by atoms with E-state index < -0.39 is 127 Å². The molecule has 0 aliphatic carbocycles. The van der Waals surface area contributed by atoms with E-state index in [0.717, 1.165) is 103 Å². The number of carbonyl (C=O) groups excluding carboxylic acids is 3. The predicted octanol–water partition coefficient (Wildman–Crippen LogP) is 13.6. The van der Waals surface area contributed by atoms with Crippen LogP contribution >= 0.6 is 15.9 Å². The van der Waals surface area contributed by atoms with E-state index in [1.54, 1.807) is 64.1 Å². The normalized spacial score (nSPS) is 13.2. The van der Waals surface area contributed by atoms with Crippen molar-refractivity contribution < 1.29 is 259 Å². The number of ether oxygens (including phenoxy) is 7. The smallest absolute Gasteiger partial charge is 1.00 e. The molecule has 3 saturated heterocycles. The summed E-state index contributed by atoms with van der Waals surface area (Å²) in [6.45, 7) is 29.1. The fraction of sp³-hybridized carbons (Fsp3) is 0.235. The van der Waals surface area contributed by atoms with Crippen LogP contribution in [-0.2, 0) is 90.8 Å². The van der Waals surface area contributed by atoms with Gasteiger partial charge in [-0.05, 0) is 159 Å². The summed E-state index contributed by atoms with van der Waals surface area (Å²) in [7, 11) is 0. The first-order valence-corrected chi connectivity index (χ1v) is 45.2. The average molecular weight is 2360 g/mol. The van der Waals surface area contributed by atoms with E-state index in [-0.39, 0.29) is 337 Å². The fourth-order valence-corrected chi connectivity index (χ4v) is 15.0. The SMILES string of the molecule is CC#N.CC#N.CCOC(=O)c1cc(F)c2nc(Cc3cc(F)c(-c4[nH]c(=O)ccc4F)cc3F)n(C[C@@H]3CCO3)c2c1.O=CO[O-].[C-]#[N+]c1ccc(CBr)cn1.[C-]#[N+]c1ccc(COc2ccc(F)c(-c3cc(F)c(Cc4nc5c(F)cc(C(=O)O)cc5n4C[C@@H]4CCO4)cc3F)n2)cn1.[C-]#[N+]c1ccc(COc2ccc(F)c(-c3cc(F)c(Cc4nc5c(F)cc(C(=O)OCC)cc5n4C[C@@H]4CCO4)cc3F)n2)cn1.[Cs+].[Cs+].[H-]. The molecule has 9 aromatic heterocycles. The zero-order chi connectivity index (χ0) is 106. The zero-order valence-corrected chi connectivity index (χ0v) is 93.8. The molecule has 2 N–H and O–H groups in total. The number of alkyl halides is 1. The molecule has 149 heavy (non-hydrogen) atoms. The molecule has 15 aromatic rings. The maximum Gasteiger partial charge on any atom is 1.00 e. The summed E-state index contributed by atoms with van der Waals surface area (Å²) >= 11 is 3.29. The van der Waals surface area contributed by atoms with Crippen molar-refractivity contribution in [2.75, 3.05) is 33.0 Å². The van der Waals surface area contributed by atoms with Crippen molar-refractivity contribution in [3.05, 3.63) is 346 Å². The Morgan fingerprint density at radius 2 is 0.812 bits per heavy atom. The second-order valence-corrected chi connectivity index (χ2v) is 32.1. The third-order valence-corrected chi connectivity index (χ3v) is 22.6. The van der Waals surface area contributed by atoms with Crippen LogP contribution in [-0.4, -0.2) is 139 Å². The number of hydrogen-bond acceptors (Lipinski definition) is 24. The first kappa shape index (κ1) is 118. The van der Waals surface area contributed by atoms with Crippen LogP contribution < -0.4 is 158 Å². The zero-order valence-electron chi connectivity index (χ0n) is 80.7. The Kier molecular flexibility index (Phi) is 44.7. The van der Waals surface area contributed by atoms with Crippen LogP contribution in [0.1, 0.15) is 130 Å². The number of carboxylic acids is 1. The third kappa shape index (κ3) is 30.7. The van der Waals surface area contributed by atoms with E-state index in [0.29, 0.717) is 43.2 Å². The molecule has 12 heterocycles. The number of rotatable bonds is 28. The number of hydrogen-bond donors (Lipinski definition) is 2. The number of benzene rings is 6. The summed E-state index contributed by atoms with van der Waals surface area (Å²) in [6.07, 6.45) is 5.43. The number of aromatic nitrogens is 12. The van der Waals surface area contributed by atoms with Gasteiger partial charge < -0.3 is 83.1 Å². The van der Waals surface area contributed by atoms with Gasteiger partial charge >= 0.3 is 156 Å². The Balaban J connectivity index is 0.000000227. The van der Waals surface area contributed by atoms with Crippen molar-refractivity contribution in [1.29, 1.82) is 10.5 Å². The van der Waals surface area contributed by atoms with Crippen molar-refractivity contribution in [3.63, 3.8) is 0 Å². The maximum absolute atomic E-state index is 15.6. The number of esters is 2. The first-order chi connectivity index (χ1) is 70.8. The number of fused-ring (bicyclic) bond motifs is 3. The van der Waals surface area contributed by atoms with Gasteiger partial charge in [0.05, 0.1) is 102 Å². The molecule has 756 valence electrons. The average Bonchev–Trinajstić information content (AvgIpc) is 1.62. The van der Waals surface area contributed by atoms with Gasteiger partial charge in [-0.3, -0.25) is 9.59 Å². The molecule has 47 heteroatoms. The second kappa shape index (κ2) is 56.5. The predicted molar refractivity (Wildman–Crippen MR) is 505 cm³/mol. The number of nitrogens with zero attached hydrogens (tertiary/aromatic N) is 16. The Morgan fingerprint density at radius 3 is 1.12 bits per heavy atom. The molecule has 6 aromatic carbocycles. The van der Waals surface area contributed by atoms with Gasteiger partial charge in [0.25, 0.3) is 23.9 Å². The van der Waals surface area contributed by atoms with Gasteiger partial charge in [0, 0.05) is 110 Å². The molecule has 0 radical (unpaired) electrons. The van der Waals surface area contributed by atoms with Crippen LogP contribution in [0.25, 0.3) is 81.4 Å². The number of nitrogens with one attached hydrogen (secondary N) is 1. The van der Waals surface area contributed by atoms with Crippen molar-refractivity contribution in [2.24, 2.45) is 0 Å². The van der Waals surface area contributed by atoms with Gasteiger partial charge in [-0.25, -0.2) is 92.0 Å². The molecule has 3 aliphatic heterocycles. The van der Waals surface area contributed by atoms with E-state index in [9.17, 15) is 50.6 Å². The van der Waals surface area contributed by atoms with Gasteiger partial charge in [-0.1, -0.05) is 53.8 Å². The van der Waals surface area contributed by atoms with Crippen molar-refractivity contribution in [2.45, 2.75) is 123 Å². The Hall–Kier alpha value is -13.1. The second-order valence-electron chi connectivity index (χ2n) is 31.5. The molecule has 3 fully saturated rings. The summed E-state index contributed by atoms with van der Waals surface area (Å²) in [5.74, 6) is -11.9. The molecular weight excluding hydrogens is 2280 g/mol. The van der Waals surface area contributed by atoms with E-state index in [1.807, 2.05) is 6.07 Å². The minimum Gasteiger partial charge on any atom is -1.00 e. The van der Waals surface area contributed by atoms with Gasteiger partial charge in [0.1, 0.15) is 130 Å². The number of H-pyrrole nitrogens is 1. The van der Waals surface area contributed by atoms with Gasteiger partial charge in [-0.2, -0.15) is 10.5 Å². The Bertz CT molecular complexity index is 7680. The van der Waals surface area contributed by atoms with E-state index >= 15 is 26.3 Å². The van der Waals surface area contributed by atoms with E-state index in [2.05, 4.69) is 80.2 Å². The van der Waals surface area contributed by atoms with Crippen LogP contribution in [0.3, 0.4) is 0 Å². The number of aromatic amines is 1. The molecule has 3 atom stereocenters. The van der Waals surface area contributed by atoms with Crippen LogP contribution in [0.15, 0.2) is 169 Å². The molecular formula is C102H80BrCs2F12N17O15. The molecule has 3 aliphatic rings. The van der Waals surface area contributed by atoms with Gasteiger partial charge in [0.2, 0.25) is 17.3 Å². The van der Waals surface area contributed by atoms with Crippen molar-refractivity contribution in [3.8, 4) is 57.7 Å². The molecule has 0 bridgehead atoms.